The Morgan fingerprint density at radius 1 is 1.47 bits per heavy atom. The van der Waals surface area contributed by atoms with Crippen LogP contribution in [0.5, 0.6) is 5.75 Å². The Hall–Kier alpha value is -1.55. The van der Waals surface area contributed by atoms with E-state index in [1.54, 1.807) is 13.2 Å². The number of ether oxygens (including phenoxy) is 1. The lowest BCUT2D eigenvalue weighted by Crippen LogP contribution is -2.54. The minimum absolute atomic E-state index is 0.0288. The second-order valence-electron chi connectivity index (χ2n) is 5.71. The number of amides is 1. The lowest BCUT2D eigenvalue weighted by molar-refractivity contribution is 0.0868. The van der Waals surface area contributed by atoms with Crippen LogP contribution in [0.1, 0.15) is 30.6 Å². The zero-order valence-electron chi connectivity index (χ0n) is 11.8. The van der Waals surface area contributed by atoms with Crippen LogP contribution in [0.2, 0.25) is 0 Å². The van der Waals surface area contributed by atoms with Crippen molar-refractivity contribution in [2.24, 2.45) is 5.41 Å². The molecule has 0 bridgehead atoms. The van der Waals surface area contributed by atoms with Crippen LogP contribution in [-0.4, -0.2) is 32.1 Å². The lowest BCUT2D eigenvalue weighted by Gasteiger charge is -2.39. The van der Waals surface area contributed by atoms with Gasteiger partial charge in [-0.3, -0.25) is 4.79 Å². The second-order valence-corrected chi connectivity index (χ2v) is 5.71. The monoisotopic (exact) mass is 262 g/mol. The number of benzene rings is 1. The van der Waals surface area contributed by atoms with Gasteiger partial charge in [0.1, 0.15) is 5.75 Å². The zero-order chi connectivity index (χ0) is 13.9. The molecule has 1 heterocycles. The highest BCUT2D eigenvalue weighted by molar-refractivity contribution is 5.94. The summed E-state index contributed by atoms with van der Waals surface area (Å²) in [5.41, 5.74) is 0.723. The summed E-state index contributed by atoms with van der Waals surface area (Å²) in [4.78, 5) is 12.3. The molecule has 0 spiro atoms. The SMILES string of the molecule is COc1cccc(C(=O)NC2CCNCC2(C)C)c1. The Morgan fingerprint density at radius 3 is 2.95 bits per heavy atom. The smallest absolute Gasteiger partial charge is 0.251 e. The Balaban J connectivity index is 2.07. The molecule has 1 aromatic rings. The molecule has 1 unspecified atom stereocenters. The van der Waals surface area contributed by atoms with Crippen LogP contribution in [0.4, 0.5) is 0 Å². The van der Waals surface area contributed by atoms with Gasteiger partial charge in [0.25, 0.3) is 5.91 Å². The molecule has 104 valence electrons. The van der Waals surface area contributed by atoms with Crippen molar-refractivity contribution in [2.75, 3.05) is 20.2 Å². The Morgan fingerprint density at radius 2 is 2.26 bits per heavy atom. The number of hydrogen-bond acceptors (Lipinski definition) is 3. The third-order valence-electron chi connectivity index (χ3n) is 3.77. The quantitative estimate of drug-likeness (QED) is 0.873. The predicted octanol–water partition coefficient (Wildman–Crippen LogP) is 1.81. The summed E-state index contributed by atoms with van der Waals surface area (Å²) < 4.78 is 5.15. The molecular weight excluding hydrogens is 240 g/mol. The van der Waals surface area contributed by atoms with E-state index < -0.39 is 0 Å². The summed E-state index contributed by atoms with van der Waals surface area (Å²) in [6, 6.07) is 7.45. The van der Waals surface area contributed by atoms with Crippen molar-refractivity contribution < 1.29 is 9.53 Å². The molecule has 1 aliphatic heterocycles. The van der Waals surface area contributed by atoms with E-state index in [2.05, 4.69) is 24.5 Å². The van der Waals surface area contributed by atoms with Gasteiger partial charge >= 0.3 is 0 Å². The van der Waals surface area contributed by atoms with Crippen molar-refractivity contribution in [2.45, 2.75) is 26.3 Å². The van der Waals surface area contributed by atoms with E-state index in [0.29, 0.717) is 11.3 Å². The lowest BCUT2D eigenvalue weighted by atomic mass is 9.80. The van der Waals surface area contributed by atoms with E-state index in [-0.39, 0.29) is 17.4 Å². The normalized spacial score (nSPS) is 21.7. The van der Waals surface area contributed by atoms with Gasteiger partial charge < -0.3 is 15.4 Å². The van der Waals surface area contributed by atoms with Gasteiger partial charge in [0.15, 0.2) is 0 Å². The van der Waals surface area contributed by atoms with Gasteiger partial charge in [0.05, 0.1) is 7.11 Å². The van der Waals surface area contributed by atoms with E-state index in [9.17, 15) is 4.79 Å². The van der Waals surface area contributed by atoms with Crippen LogP contribution in [0.3, 0.4) is 0 Å². The maximum atomic E-state index is 12.3. The maximum absolute atomic E-state index is 12.3. The minimum atomic E-state index is -0.0288. The second kappa shape index (κ2) is 5.61. The number of hydrogen-bond donors (Lipinski definition) is 2. The fraction of sp³-hybridized carbons (Fsp3) is 0.533. The molecule has 1 fully saturated rings. The van der Waals surface area contributed by atoms with Gasteiger partial charge in [-0.05, 0) is 36.6 Å². The Kier molecular flexibility index (Phi) is 4.10. The highest BCUT2D eigenvalue weighted by atomic mass is 16.5. The van der Waals surface area contributed by atoms with Crippen LogP contribution >= 0.6 is 0 Å². The average molecular weight is 262 g/mol. The standard InChI is InChI=1S/C15H22N2O2/c1-15(2)10-16-8-7-13(15)17-14(18)11-5-4-6-12(9-11)19-3/h4-6,9,13,16H,7-8,10H2,1-3H3,(H,17,18). The average Bonchev–Trinajstić information content (AvgIpc) is 2.41. The molecule has 1 aliphatic rings. The molecule has 0 aliphatic carbocycles. The number of carbonyl (C=O) groups excluding carboxylic acids is 1. The Bertz CT molecular complexity index is 457. The molecule has 1 atom stereocenters. The topological polar surface area (TPSA) is 50.4 Å². The van der Waals surface area contributed by atoms with Gasteiger partial charge in [-0.25, -0.2) is 0 Å². The van der Waals surface area contributed by atoms with Crippen molar-refractivity contribution in [3.63, 3.8) is 0 Å². The highest BCUT2D eigenvalue weighted by Gasteiger charge is 2.33. The van der Waals surface area contributed by atoms with Gasteiger partial charge in [0, 0.05) is 18.2 Å². The number of piperidine rings is 1. The van der Waals surface area contributed by atoms with Crippen molar-refractivity contribution in [1.82, 2.24) is 10.6 Å². The third-order valence-corrected chi connectivity index (χ3v) is 3.77. The number of rotatable bonds is 3. The molecule has 1 saturated heterocycles. The van der Waals surface area contributed by atoms with E-state index in [1.807, 2.05) is 18.2 Å². The Labute approximate surface area is 114 Å². The van der Waals surface area contributed by atoms with Gasteiger partial charge in [-0.15, -0.1) is 0 Å². The van der Waals surface area contributed by atoms with Gasteiger partial charge in [0.2, 0.25) is 0 Å². The van der Waals surface area contributed by atoms with Crippen molar-refractivity contribution in [1.29, 1.82) is 0 Å². The van der Waals surface area contributed by atoms with E-state index in [0.717, 1.165) is 19.5 Å². The highest BCUT2D eigenvalue weighted by Crippen LogP contribution is 2.25. The minimum Gasteiger partial charge on any atom is -0.497 e. The summed E-state index contributed by atoms with van der Waals surface area (Å²) in [6.07, 6.45) is 0.961. The third kappa shape index (κ3) is 3.26. The molecule has 0 radical (unpaired) electrons. The maximum Gasteiger partial charge on any atom is 0.251 e. The fourth-order valence-electron chi connectivity index (χ4n) is 2.44. The van der Waals surface area contributed by atoms with Gasteiger partial charge in [-0.2, -0.15) is 0 Å². The molecule has 1 aromatic carbocycles. The van der Waals surface area contributed by atoms with E-state index >= 15 is 0 Å². The van der Waals surface area contributed by atoms with Crippen LogP contribution in [-0.2, 0) is 0 Å². The molecule has 1 amide bonds. The fourth-order valence-corrected chi connectivity index (χ4v) is 2.44. The van der Waals surface area contributed by atoms with Crippen LogP contribution in [0.25, 0.3) is 0 Å². The summed E-state index contributed by atoms with van der Waals surface area (Å²) in [5, 5.41) is 6.51. The van der Waals surface area contributed by atoms with Crippen molar-refractivity contribution in [3.8, 4) is 5.75 Å². The van der Waals surface area contributed by atoms with Gasteiger partial charge in [-0.1, -0.05) is 19.9 Å². The molecule has 4 heteroatoms. The zero-order valence-corrected chi connectivity index (χ0v) is 11.8. The number of carbonyl (C=O) groups is 1. The molecule has 2 N–H and O–H groups in total. The first-order valence-corrected chi connectivity index (χ1v) is 6.68. The van der Waals surface area contributed by atoms with Crippen LogP contribution in [0, 0.1) is 5.41 Å². The van der Waals surface area contributed by atoms with Crippen molar-refractivity contribution in [3.05, 3.63) is 29.8 Å². The molecule has 19 heavy (non-hydrogen) atoms. The summed E-state index contributed by atoms with van der Waals surface area (Å²) in [6.45, 7) is 6.23. The predicted molar refractivity (Wildman–Crippen MR) is 75.5 cm³/mol. The molecule has 2 rings (SSSR count). The first-order chi connectivity index (χ1) is 9.03. The molecule has 0 aromatic heterocycles. The van der Waals surface area contributed by atoms with E-state index in [1.165, 1.54) is 0 Å². The summed E-state index contributed by atoms with van der Waals surface area (Å²) in [5.74, 6) is 0.677. The summed E-state index contributed by atoms with van der Waals surface area (Å²) >= 11 is 0. The molecule has 4 nitrogen and oxygen atoms in total. The number of methoxy groups -OCH3 is 1. The molecular formula is C15H22N2O2. The van der Waals surface area contributed by atoms with Crippen LogP contribution in [0.15, 0.2) is 24.3 Å². The van der Waals surface area contributed by atoms with Crippen molar-refractivity contribution >= 4 is 5.91 Å². The number of nitrogens with one attached hydrogen (secondary N) is 2. The first kappa shape index (κ1) is 13.9. The molecule has 0 saturated carbocycles. The summed E-state index contributed by atoms with van der Waals surface area (Å²) in [7, 11) is 1.60. The first-order valence-electron chi connectivity index (χ1n) is 6.68. The van der Waals surface area contributed by atoms with Crippen LogP contribution < -0.4 is 15.4 Å². The largest absolute Gasteiger partial charge is 0.497 e. The van der Waals surface area contributed by atoms with E-state index in [4.69, 9.17) is 4.74 Å².